The summed E-state index contributed by atoms with van der Waals surface area (Å²) in [6, 6.07) is 29.6. The van der Waals surface area contributed by atoms with Gasteiger partial charge in [-0.3, -0.25) is 0 Å². The highest BCUT2D eigenvalue weighted by Gasteiger charge is 2.30. The van der Waals surface area contributed by atoms with E-state index in [1.54, 1.807) is 6.07 Å². The summed E-state index contributed by atoms with van der Waals surface area (Å²) >= 11 is 0. The zero-order valence-corrected chi connectivity index (χ0v) is 18.2. The van der Waals surface area contributed by atoms with Gasteiger partial charge in [-0.2, -0.15) is 0 Å². The highest BCUT2D eigenvalue weighted by Crippen LogP contribution is 2.39. The molecular formula is C26H23NO4S. The summed E-state index contributed by atoms with van der Waals surface area (Å²) in [5.74, 6) is 0.888. The minimum Gasteiger partial charge on any atom is -0.490 e. The fourth-order valence-corrected chi connectivity index (χ4v) is 4.83. The molecule has 0 radical (unpaired) electrons. The van der Waals surface area contributed by atoms with Gasteiger partial charge in [0.2, 0.25) is 10.0 Å². The zero-order chi connectivity index (χ0) is 22.1. The third-order valence-corrected chi connectivity index (χ3v) is 6.76. The molecule has 0 saturated carbocycles. The number of primary sulfonamides is 1. The lowest BCUT2D eigenvalue weighted by atomic mass is 9.84. The number of ether oxygens (including phenoxy) is 2. The Kier molecular flexibility index (Phi) is 5.33. The molecule has 0 amide bonds. The van der Waals surface area contributed by atoms with Gasteiger partial charge in [-0.25, -0.2) is 13.6 Å². The van der Waals surface area contributed by atoms with Gasteiger partial charge in [-0.05, 0) is 34.0 Å². The topological polar surface area (TPSA) is 78.6 Å². The van der Waals surface area contributed by atoms with Crippen LogP contribution in [0, 0.1) is 0 Å². The molecule has 0 saturated heterocycles. The van der Waals surface area contributed by atoms with Gasteiger partial charge in [0, 0.05) is 18.4 Å². The van der Waals surface area contributed by atoms with E-state index in [-0.39, 0.29) is 16.9 Å². The predicted molar refractivity (Wildman–Crippen MR) is 125 cm³/mol. The van der Waals surface area contributed by atoms with Crippen molar-refractivity contribution >= 4 is 20.8 Å². The van der Waals surface area contributed by atoms with Crippen molar-refractivity contribution in [2.24, 2.45) is 5.14 Å². The molecular weight excluding hydrogens is 422 g/mol. The molecule has 0 fully saturated rings. The van der Waals surface area contributed by atoms with Gasteiger partial charge in [-0.15, -0.1) is 0 Å². The van der Waals surface area contributed by atoms with Crippen LogP contribution in [-0.2, 0) is 10.0 Å². The van der Waals surface area contributed by atoms with Crippen LogP contribution < -0.4 is 14.6 Å². The van der Waals surface area contributed by atoms with Gasteiger partial charge < -0.3 is 9.47 Å². The maximum atomic E-state index is 11.7. The molecule has 2 atom stereocenters. The van der Waals surface area contributed by atoms with Gasteiger partial charge >= 0.3 is 0 Å². The van der Waals surface area contributed by atoms with E-state index in [4.69, 9.17) is 14.6 Å². The van der Waals surface area contributed by atoms with Crippen LogP contribution in [0.4, 0.5) is 0 Å². The molecule has 0 aromatic heterocycles. The summed E-state index contributed by atoms with van der Waals surface area (Å²) in [5.41, 5.74) is 2.31. The molecule has 0 spiro atoms. The molecule has 5 rings (SSSR count). The second-order valence-electron chi connectivity index (χ2n) is 7.94. The molecule has 2 N–H and O–H groups in total. The Bertz CT molecular complexity index is 1370. The second-order valence-corrected chi connectivity index (χ2v) is 9.50. The van der Waals surface area contributed by atoms with Gasteiger partial charge in [0.05, 0.1) is 11.5 Å². The van der Waals surface area contributed by atoms with Crippen LogP contribution in [0.15, 0.2) is 95.9 Å². The largest absolute Gasteiger partial charge is 0.490 e. The first-order chi connectivity index (χ1) is 15.5. The van der Waals surface area contributed by atoms with E-state index in [1.807, 2.05) is 30.3 Å². The van der Waals surface area contributed by atoms with E-state index in [0.717, 1.165) is 11.1 Å². The standard InChI is InChI=1S/C26H23NO4S/c27-32(28,29)22-12-13-23-25(17-22)30-15-14-24(31-23)26(19-7-2-1-3-8-19)21-11-10-18-6-4-5-9-20(18)16-21/h1-13,16-17,24,26H,14-15H2,(H2,27,28,29)/t24?,26-/m1/s1. The van der Waals surface area contributed by atoms with E-state index in [9.17, 15) is 8.42 Å². The third-order valence-electron chi connectivity index (χ3n) is 5.85. The average Bonchev–Trinajstić information content (AvgIpc) is 3.01. The quantitative estimate of drug-likeness (QED) is 0.487. The number of hydrogen-bond acceptors (Lipinski definition) is 4. The van der Waals surface area contributed by atoms with Crippen molar-refractivity contribution in [3.8, 4) is 11.5 Å². The number of rotatable bonds is 4. The Balaban J connectivity index is 1.57. The van der Waals surface area contributed by atoms with Gasteiger partial charge in [0.15, 0.2) is 11.5 Å². The van der Waals surface area contributed by atoms with Crippen LogP contribution in [0.25, 0.3) is 10.8 Å². The van der Waals surface area contributed by atoms with Crippen LogP contribution in [0.5, 0.6) is 11.5 Å². The number of hydrogen-bond donors (Lipinski definition) is 1. The van der Waals surface area contributed by atoms with Crippen LogP contribution in [0.3, 0.4) is 0 Å². The van der Waals surface area contributed by atoms with Crippen molar-refractivity contribution in [1.82, 2.24) is 0 Å². The summed E-state index contributed by atoms with van der Waals surface area (Å²) in [7, 11) is -3.82. The van der Waals surface area contributed by atoms with Crippen LogP contribution in [0.2, 0.25) is 0 Å². The third kappa shape index (κ3) is 4.07. The summed E-state index contributed by atoms with van der Waals surface area (Å²) in [6.45, 7) is 0.405. The first-order valence-electron chi connectivity index (χ1n) is 10.5. The van der Waals surface area contributed by atoms with Crippen LogP contribution >= 0.6 is 0 Å². The van der Waals surface area contributed by atoms with E-state index in [2.05, 4.69) is 42.5 Å². The number of fused-ring (bicyclic) bond motifs is 2. The molecule has 6 heteroatoms. The lowest BCUT2D eigenvalue weighted by Gasteiger charge is -2.27. The summed E-state index contributed by atoms with van der Waals surface area (Å²) < 4.78 is 35.8. The highest BCUT2D eigenvalue weighted by molar-refractivity contribution is 7.89. The fraction of sp³-hybridized carbons (Fsp3) is 0.154. The summed E-state index contributed by atoms with van der Waals surface area (Å²) in [5, 5.41) is 7.64. The van der Waals surface area contributed by atoms with Crippen molar-refractivity contribution in [2.75, 3.05) is 6.61 Å². The monoisotopic (exact) mass is 445 g/mol. The molecule has 1 aliphatic rings. The van der Waals surface area contributed by atoms with Crippen molar-refractivity contribution in [1.29, 1.82) is 0 Å². The smallest absolute Gasteiger partial charge is 0.238 e. The molecule has 162 valence electrons. The van der Waals surface area contributed by atoms with E-state index >= 15 is 0 Å². The second kappa shape index (κ2) is 8.30. The summed E-state index contributed by atoms with van der Waals surface area (Å²) in [6.07, 6.45) is 0.450. The Hall–Kier alpha value is -3.35. The van der Waals surface area contributed by atoms with Crippen molar-refractivity contribution in [3.05, 3.63) is 102 Å². The Morgan fingerprint density at radius 2 is 1.53 bits per heavy atom. The maximum absolute atomic E-state index is 11.7. The minimum atomic E-state index is -3.82. The van der Waals surface area contributed by atoms with E-state index in [0.29, 0.717) is 24.5 Å². The molecule has 0 bridgehead atoms. The highest BCUT2D eigenvalue weighted by atomic mass is 32.2. The Morgan fingerprint density at radius 3 is 2.31 bits per heavy atom. The average molecular weight is 446 g/mol. The number of sulfonamides is 1. The number of benzene rings is 4. The lowest BCUT2D eigenvalue weighted by Crippen LogP contribution is -2.27. The molecule has 5 nitrogen and oxygen atoms in total. The Labute approximate surface area is 187 Å². The normalized spacial score (nSPS) is 17.0. The predicted octanol–water partition coefficient (Wildman–Crippen LogP) is 4.85. The molecule has 32 heavy (non-hydrogen) atoms. The SMILES string of the molecule is NS(=O)(=O)c1ccc2c(c1)OCCC([C@H](c1ccccc1)c1ccc3ccccc3c1)O2. The molecule has 4 aromatic carbocycles. The molecule has 1 aliphatic heterocycles. The first-order valence-corrected chi connectivity index (χ1v) is 12.0. The molecule has 4 aromatic rings. The van der Waals surface area contributed by atoms with Gasteiger partial charge in [0.1, 0.15) is 6.10 Å². The number of nitrogens with two attached hydrogens (primary N) is 1. The zero-order valence-electron chi connectivity index (χ0n) is 17.3. The van der Waals surface area contributed by atoms with Gasteiger partial charge in [0.25, 0.3) is 0 Å². The lowest BCUT2D eigenvalue weighted by molar-refractivity contribution is 0.173. The Morgan fingerprint density at radius 1 is 0.781 bits per heavy atom. The minimum absolute atomic E-state index is 0.00689. The van der Waals surface area contributed by atoms with Crippen LogP contribution in [0.1, 0.15) is 23.5 Å². The van der Waals surface area contributed by atoms with E-state index < -0.39 is 10.0 Å². The first kappa shape index (κ1) is 20.5. The van der Waals surface area contributed by atoms with Crippen molar-refractivity contribution in [2.45, 2.75) is 23.3 Å². The maximum Gasteiger partial charge on any atom is 0.238 e. The molecule has 0 aliphatic carbocycles. The fourth-order valence-electron chi connectivity index (χ4n) is 4.30. The van der Waals surface area contributed by atoms with Gasteiger partial charge in [-0.1, -0.05) is 72.8 Å². The summed E-state index contributed by atoms with van der Waals surface area (Å²) in [4.78, 5) is 0.00689. The molecule has 1 unspecified atom stereocenters. The van der Waals surface area contributed by atoms with Crippen molar-refractivity contribution in [3.63, 3.8) is 0 Å². The molecule has 1 heterocycles. The van der Waals surface area contributed by atoms with E-state index in [1.165, 1.54) is 22.9 Å². The van der Waals surface area contributed by atoms with Crippen LogP contribution in [-0.4, -0.2) is 21.1 Å². The van der Waals surface area contributed by atoms with Crippen molar-refractivity contribution < 1.29 is 17.9 Å².